The average molecular weight is 124 g/mol. The fourth-order valence-electron chi connectivity index (χ4n) is 1.30. The van der Waals surface area contributed by atoms with E-state index in [0.717, 1.165) is 6.54 Å². The van der Waals surface area contributed by atoms with Gasteiger partial charge in [0.05, 0.1) is 0 Å². The summed E-state index contributed by atoms with van der Waals surface area (Å²) in [7, 11) is 7.42. The Hall–Kier alpha value is -0.0151. The molecule has 0 bridgehead atoms. The highest BCUT2D eigenvalue weighted by Crippen LogP contribution is 2.06. The molecular formula is C6H13BN2. The maximum Gasteiger partial charge on any atom is 0.178 e. The molecule has 0 spiro atoms. The van der Waals surface area contributed by atoms with Gasteiger partial charge in [0, 0.05) is 12.6 Å². The second-order valence-electron chi connectivity index (χ2n) is 2.77. The van der Waals surface area contributed by atoms with Gasteiger partial charge in [0.15, 0.2) is 7.98 Å². The van der Waals surface area contributed by atoms with E-state index < -0.39 is 0 Å². The molecule has 2 nitrogen and oxygen atoms in total. The Morgan fingerprint density at radius 3 is 2.89 bits per heavy atom. The standard InChI is InChI=1S/C6H13BN2/c1-9-4-2-3-6(5-9)8-7/h6,8H,2-5H2,1H3. The van der Waals surface area contributed by atoms with E-state index in [1.165, 1.54) is 19.4 Å². The average Bonchev–Trinajstić information content (AvgIpc) is 1.88. The minimum Gasteiger partial charge on any atom is -0.363 e. The Morgan fingerprint density at radius 1 is 1.67 bits per heavy atom. The van der Waals surface area contributed by atoms with Crippen LogP contribution in [-0.2, 0) is 0 Å². The molecule has 1 aliphatic heterocycles. The van der Waals surface area contributed by atoms with E-state index in [0.29, 0.717) is 6.04 Å². The summed E-state index contributed by atoms with van der Waals surface area (Å²) in [5.74, 6) is 0. The van der Waals surface area contributed by atoms with Crippen molar-refractivity contribution in [3.05, 3.63) is 0 Å². The number of rotatable bonds is 1. The zero-order chi connectivity index (χ0) is 6.69. The molecule has 0 aromatic carbocycles. The third kappa shape index (κ3) is 1.99. The quantitative estimate of drug-likeness (QED) is 0.485. The predicted octanol–water partition coefficient (Wildman–Crippen LogP) is -0.246. The SMILES string of the molecule is [B]NC1CCCN(C)C1. The number of likely N-dealkylation sites (tertiary alicyclic amines) is 1. The Labute approximate surface area is 58.0 Å². The van der Waals surface area contributed by atoms with Crippen LogP contribution in [0.3, 0.4) is 0 Å². The van der Waals surface area contributed by atoms with Crippen molar-refractivity contribution in [1.29, 1.82) is 0 Å². The Balaban J connectivity index is 2.23. The van der Waals surface area contributed by atoms with Crippen LogP contribution in [0.25, 0.3) is 0 Å². The molecule has 0 saturated carbocycles. The van der Waals surface area contributed by atoms with Crippen molar-refractivity contribution in [2.24, 2.45) is 0 Å². The lowest BCUT2D eigenvalue weighted by Gasteiger charge is -2.29. The van der Waals surface area contributed by atoms with Crippen molar-refractivity contribution in [2.75, 3.05) is 20.1 Å². The topological polar surface area (TPSA) is 15.3 Å². The van der Waals surface area contributed by atoms with Gasteiger partial charge in [0.2, 0.25) is 0 Å². The first-order valence-corrected chi connectivity index (χ1v) is 3.47. The van der Waals surface area contributed by atoms with Gasteiger partial charge >= 0.3 is 0 Å². The minimum absolute atomic E-state index is 0.517. The maximum atomic E-state index is 5.29. The van der Waals surface area contributed by atoms with Crippen molar-refractivity contribution in [2.45, 2.75) is 18.9 Å². The third-order valence-electron chi connectivity index (χ3n) is 1.86. The smallest absolute Gasteiger partial charge is 0.178 e. The van der Waals surface area contributed by atoms with Crippen molar-refractivity contribution in [3.8, 4) is 0 Å². The highest BCUT2D eigenvalue weighted by molar-refractivity contribution is 6.04. The molecule has 0 aromatic heterocycles. The molecule has 1 saturated heterocycles. The highest BCUT2D eigenvalue weighted by Gasteiger charge is 2.13. The van der Waals surface area contributed by atoms with E-state index in [9.17, 15) is 0 Å². The Bertz CT molecular complexity index is 87.1. The first-order valence-electron chi connectivity index (χ1n) is 3.47. The van der Waals surface area contributed by atoms with Gasteiger partial charge in [-0.3, -0.25) is 0 Å². The van der Waals surface area contributed by atoms with Crippen LogP contribution in [-0.4, -0.2) is 39.1 Å². The number of nitrogens with zero attached hydrogens (tertiary/aromatic N) is 1. The third-order valence-corrected chi connectivity index (χ3v) is 1.86. The molecule has 2 radical (unpaired) electrons. The lowest BCUT2D eigenvalue weighted by atomic mass is 10.1. The van der Waals surface area contributed by atoms with Crippen molar-refractivity contribution in [3.63, 3.8) is 0 Å². The van der Waals surface area contributed by atoms with E-state index >= 15 is 0 Å². The van der Waals surface area contributed by atoms with Crippen LogP contribution in [0, 0.1) is 0 Å². The van der Waals surface area contributed by atoms with Gasteiger partial charge < -0.3 is 10.1 Å². The summed E-state index contributed by atoms with van der Waals surface area (Å²) in [6.45, 7) is 2.31. The molecule has 0 aromatic rings. The van der Waals surface area contributed by atoms with Crippen molar-refractivity contribution < 1.29 is 0 Å². The van der Waals surface area contributed by atoms with Crippen LogP contribution in [0.15, 0.2) is 0 Å². The lowest BCUT2D eigenvalue weighted by molar-refractivity contribution is 0.243. The lowest BCUT2D eigenvalue weighted by Crippen LogP contribution is -2.42. The summed E-state index contributed by atoms with van der Waals surface area (Å²) >= 11 is 0. The first kappa shape index (κ1) is 7.10. The molecule has 0 aliphatic carbocycles. The van der Waals surface area contributed by atoms with Crippen LogP contribution in [0.4, 0.5) is 0 Å². The molecule has 1 N–H and O–H groups in total. The van der Waals surface area contributed by atoms with Gasteiger partial charge in [-0.1, -0.05) is 0 Å². The summed E-state index contributed by atoms with van der Waals surface area (Å²) in [6.07, 6.45) is 2.49. The zero-order valence-electron chi connectivity index (χ0n) is 5.93. The first-order chi connectivity index (χ1) is 4.33. The number of hydrogen-bond acceptors (Lipinski definition) is 2. The van der Waals surface area contributed by atoms with Crippen LogP contribution >= 0.6 is 0 Å². The second kappa shape index (κ2) is 3.23. The molecule has 1 atom stereocenters. The van der Waals surface area contributed by atoms with Crippen LogP contribution in [0.5, 0.6) is 0 Å². The number of piperidine rings is 1. The van der Waals surface area contributed by atoms with Crippen LogP contribution in [0.2, 0.25) is 0 Å². The van der Waals surface area contributed by atoms with E-state index in [4.69, 9.17) is 7.98 Å². The molecule has 1 heterocycles. The van der Waals surface area contributed by atoms with Crippen LogP contribution < -0.4 is 5.23 Å². The Kier molecular flexibility index (Phi) is 2.55. The minimum atomic E-state index is 0.517. The largest absolute Gasteiger partial charge is 0.363 e. The predicted molar refractivity (Wildman–Crippen MR) is 39.4 cm³/mol. The fraction of sp³-hybridized carbons (Fsp3) is 1.00. The summed E-state index contributed by atoms with van der Waals surface area (Å²) in [4.78, 5) is 2.30. The highest BCUT2D eigenvalue weighted by atomic mass is 15.1. The molecule has 9 heavy (non-hydrogen) atoms. The van der Waals surface area contributed by atoms with E-state index in [2.05, 4.69) is 17.2 Å². The second-order valence-corrected chi connectivity index (χ2v) is 2.77. The van der Waals surface area contributed by atoms with Gasteiger partial charge in [0.25, 0.3) is 0 Å². The van der Waals surface area contributed by atoms with Gasteiger partial charge in [-0.15, -0.1) is 0 Å². The zero-order valence-corrected chi connectivity index (χ0v) is 5.93. The molecular weight excluding hydrogens is 111 g/mol. The number of nitrogens with one attached hydrogen (secondary N) is 1. The van der Waals surface area contributed by atoms with Gasteiger partial charge in [0.1, 0.15) is 0 Å². The van der Waals surface area contributed by atoms with Crippen molar-refractivity contribution >= 4 is 7.98 Å². The monoisotopic (exact) mass is 124 g/mol. The normalized spacial score (nSPS) is 30.6. The van der Waals surface area contributed by atoms with Gasteiger partial charge in [-0.2, -0.15) is 0 Å². The summed E-state index contributed by atoms with van der Waals surface area (Å²) in [5, 5.41) is 2.79. The molecule has 1 aliphatic rings. The fourth-order valence-corrected chi connectivity index (χ4v) is 1.30. The van der Waals surface area contributed by atoms with E-state index in [1.807, 2.05) is 0 Å². The number of likely N-dealkylation sites (N-methyl/N-ethyl adjacent to an activating group) is 1. The summed E-state index contributed by atoms with van der Waals surface area (Å²) in [6, 6.07) is 0.517. The molecule has 1 unspecified atom stereocenters. The molecule has 50 valence electrons. The molecule has 0 amide bonds. The van der Waals surface area contributed by atoms with Crippen molar-refractivity contribution in [1.82, 2.24) is 10.1 Å². The molecule has 3 heteroatoms. The van der Waals surface area contributed by atoms with E-state index in [1.54, 1.807) is 0 Å². The van der Waals surface area contributed by atoms with Gasteiger partial charge in [-0.05, 0) is 26.4 Å². The van der Waals surface area contributed by atoms with Crippen LogP contribution in [0.1, 0.15) is 12.8 Å². The maximum absolute atomic E-state index is 5.29. The summed E-state index contributed by atoms with van der Waals surface area (Å²) < 4.78 is 0. The number of hydrogen-bond donors (Lipinski definition) is 1. The van der Waals surface area contributed by atoms with Gasteiger partial charge in [-0.25, -0.2) is 0 Å². The van der Waals surface area contributed by atoms with E-state index in [-0.39, 0.29) is 0 Å². The Morgan fingerprint density at radius 2 is 2.44 bits per heavy atom. The summed E-state index contributed by atoms with van der Waals surface area (Å²) in [5.41, 5.74) is 0. The molecule has 1 rings (SSSR count). The molecule has 1 fully saturated rings.